The Hall–Kier alpha value is -0.120. The molecule has 3 heteroatoms. The monoisotopic (exact) mass is 170 g/mol. The van der Waals surface area contributed by atoms with Crippen molar-refractivity contribution in [1.29, 1.82) is 0 Å². The smallest absolute Gasteiger partial charge is 0.0770 e. The van der Waals surface area contributed by atoms with Crippen molar-refractivity contribution in [3.63, 3.8) is 0 Å². The topological polar surface area (TPSA) is 47.3 Å². The molecule has 3 nitrogen and oxygen atoms in total. The van der Waals surface area contributed by atoms with E-state index in [2.05, 4.69) is 12.3 Å². The number of hydrogen-bond donors (Lipinski definition) is 2. The van der Waals surface area contributed by atoms with E-state index in [9.17, 15) is 0 Å². The molecule has 70 valence electrons. The molecule has 1 aliphatic carbocycles. The van der Waals surface area contributed by atoms with Crippen LogP contribution in [-0.2, 0) is 4.74 Å². The second-order valence-corrected chi connectivity index (χ2v) is 4.13. The van der Waals surface area contributed by atoms with Gasteiger partial charge in [-0.2, -0.15) is 0 Å². The Balaban J connectivity index is 1.94. The quantitative estimate of drug-likeness (QED) is 0.483. The largest absolute Gasteiger partial charge is 0.376 e. The molecule has 0 amide bonds. The summed E-state index contributed by atoms with van der Waals surface area (Å²) >= 11 is 0. The van der Waals surface area contributed by atoms with Crippen LogP contribution in [-0.4, -0.2) is 18.8 Å². The van der Waals surface area contributed by atoms with Crippen LogP contribution < -0.4 is 11.3 Å². The van der Waals surface area contributed by atoms with Gasteiger partial charge in [0.2, 0.25) is 0 Å². The molecule has 3 unspecified atom stereocenters. The normalized spacial score (nSPS) is 38.5. The first-order valence-corrected chi connectivity index (χ1v) is 4.90. The Morgan fingerprint density at radius 1 is 1.42 bits per heavy atom. The maximum atomic E-state index is 5.68. The van der Waals surface area contributed by atoms with Crippen molar-refractivity contribution in [3.05, 3.63) is 0 Å². The molecule has 3 atom stereocenters. The highest BCUT2D eigenvalue weighted by Gasteiger charge is 2.40. The van der Waals surface area contributed by atoms with Gasteiger partial charge in [-0.15, -0.1) is 0 Å². The van der Waals surface area contributed by atoms with Gasteiger partial charge in [0.25, 0.3) is 0 Å². The lowest BCUT2D eigenvalue weighted by molar-refractivity contribution is 0.0540. The lowest BCUT2D eigenvalue weighted by atomic mass is 9.95. The Morgan fingerprint density at radius 3 is 2.58 bits per heavy atom. The van der Waals surface area contributed by atoms with E-state index in [0.717, 1.165) is 12.5 Å². The van der Waals surface area contributed by atoms with Crippen LogP contribution >= 0.6 is 0 Å². The van der Waals surface area contributed by atoms with E-state index in [1.807, 2.05) is 0 Å². The van der Waals surface area contributed by atoms with Crippen LogP contribution in [0.25, 0.3) is 0 Å². The summed E-state index contributed by atoms with van der Waals surface area (Å²) in [6, 6.07) is 0.405. The van der Waals surface area contributed by atoms with Gasteiger partial charge >= 0.3 is 0 Å². The fraction of sp³-hybridized carbons (Fsp3) is 1.00. The van der Waals surface area contributed by atoms with E-state index < -0.39 is 0 Å². The Morgan fingerprint density at radius 2 is 2.17 bits per heavy atom. The highest BCUT2D eigenvalue weighted by atomic mass is 16.5. The van der Waals surface area contributed by atoms with Crippen LogP contribution in [0, 0.1) is 11.8 Å². The minimum Gasteiger partial charge on any atom is -0.376 e. The number of rotatable bonds is 3. The molecule has 3 N–H and O–H groups in total. The van der Waals surface area contributed by atoms with Gasteiger partial charge in [0.1, 0.15) is 0 Å². The second kappa shape index (κ2) is 3.32. The van der Waals surface area contributed by atoms with Gasteiger partial charge in [0, 0.05) is 6.61 Å². The van der Waals surface area contributed by atoms with Crippen LogP contribution in [0.2, 0.25) is 0 Å². The summed E-state index contributed by atoms with van der Waals surface area (Å²) in [5.41, 5.74) is 2.91. The van der Waals surface area contributed by atoms with Crippen LogP contribution in [0.4, 0.5) is 0 Å². The summed E-state index contributed by atoms with van der Waals surface area (Å²) in [6.07, 6.45) is 4.20. The molecule has 1 saturated carbocycles. The highest BCUT2D eigenvalue weighted by molar-refractivity contribution is 4.94. The fourth-order valence-corrected chi connectivity index (χ4v) is 2.13. The van der Waals surface area contributed by atoms with Crippen molar-refractivity contribution in [2.45, 2.75) is 38.3 Å². The number of ether oxygens (including phenoxy) is 1. The molecule has 1 saturated heterocycles. The summed E-state index contributed by atoms with van der Waals surface area (Å²) in [4.78, 5) is 0. The maximum absolute atomic E-state index is 5.68. The predicted octanol–water partition coefficient (Wildman–Crippen LogP) is 0.653. The first-order chi connectivity index (χ1) is 5.83. The van der Waals surface area contributed by atoms with Gasteiger partial charge in [-0.3, -0.25) is 11.3 Å². The van der Waals surface area contributed by atoms with Crippen LogP contribution in [0.5, 0.6) is 0 Å². The molecule has 0 aromatic rings. The molecule has 0 aromatic carbocycles. The van der Waals surface area contributed by atoms with Crippen LogP contribution in [0.1, 0.15) is 26.2 Å². The lowest BCUT2D eigenvalue weighted by Crippen LogP contribution is -2.47. The van der Waals surface area contributed by atoms with Gasteiger partial charge in [0.15, 0.2) is 0 Å². The van der Waals surface area contributed by atoms with E-state index in [1.54, 1.807) is 0 Å². The van der Waals surface area contributed by atoms with Crippen molar-refractivity contribution >= 4 is 0 Å². The third-order valence-corrected chi connectivity index (χ3v) is 3.12. The third kappa shape index (κ3) is 1.49. The molecule has 0 bridgehead atoms. The standard InChI is InChI=1S/C9H18N2O/c1-6-4-5-12-9(6)8(11-10)7-2-3-7/h6-9,11H,2-5,10H2,1H3. The van der Waals surface area contributed by atoms with Gasteiger partial charge in [-0.05, 0) is 31.1 Å². The van der Waals surface area contributed by atoms with E-state index >= 15 is 0 Å². The maximum Gasteiger partial charge on any atom is 0.0770 e. The second-order valence-electron chi connectivity index (χ2n) is 4.13. The average Bonchev–Trinajstić information content (AvgIpc) is 2.80. The first-order valence-electron chi connectivity index (χ1n) is 4.90. The average molecular weight is 170 g/mol. The summed E-state index contributed by atoms with van der Waals surface area (Å²) in [6.45, 7) is 3.17. The third-order valence-electron chi connectivity index (χ3n) is 3.12. The number of hydrazine groups is 1. The fourth-order valence-electron chi connectivity index (χ4n) is 2.13. The molecule has 12 heavy (non-hydrogen) atoms. The number of nitrogens with one attached hydrogen (secondary N) is 1. The van der Waals surface area contributed by atoms with Crippen molar-refractivity contribution in [2.24, 2.45) is 17.7 Å². The SMILES string of the molecule is CC1CCOC1C(NN)C1CC1. The van der Waals surface area contributed by atoms with Gasteiger partial charge < -0.3 is 4.74 Å². The number of nitrogens with two attached hydrogens (primary N) is 1. The highest BCUT2D eigenvalue weighted by Crippen LogP contribution is 2.38. The van der Waals surface area contributed by atoms with Crippen molar-refractivity contribution < 1.29 is 4.74 Å². The summed E-state index contributed by atoms with van der Waals surface area (Å²) in [5, 5.41) is 0. The minimum atomic E-state index is 0.363. The molecular formula is C9H18N2O. The minimum absolute atomic E-state index is 0.363. The zero-order valence-corrected chi connectivity index (χ0v) is 7.62. The molecule has 0 radical (unpaired) electrons. The first kappa shape index (κ1) is 8.48. The molecule has 0 aromatic heterocycles. The van der Waals surface area contributed by atoms with Crippen molar-refractivity contribution in [2.75, 3.05) is 6.61 Å². The summed E-state index contributed by atoms with van der Waals surface area (Å²) in [5.74, 6) is 6.98. The Kier molecular flexibility index (Phi) is 2.35. The molecule has 1 heterocycles. The molecule has 2 aliphatic rings. The van der Waals surface area contributed by atoms with Crippen LogP contribution in [0.3, 0.4) is 0 Å². The predicted molar refractivity (Wildman–Crippen MR) is 47.4 cm³/mol. The van der Waals surface area contributed by atoms with E-state index in [4.69, 9.17) is 10.6 Å². The molecule has 1 aliphatic heterocycles. The van der Waals surface area contributed by atoms with E-state index in [-0.39, 0.29) is 0 Å². The summed E-state index contributed by atoms with van der Waals surface area (Å²) in [7, 11) is 0. The molecule has 2 rings (SSSR count). The lowest BCUT2D eigenvalue weighted by Gasteiger charge is -2.25. The zero-order valence-electron chi connectivity index (χ0n) is 7.62. The zero-order chi connectivity index (χ0) is 8.55. The van der Waals surface area contributed by atoms with Crippen molar-refractivity contribution in [3.8, 4) is 0 Å². The van der Waals surface area contributed by atoms with E-state index in [1.165, 1.54) is 19.3 Å². The Labute approximate surface area is 73.6 Å². The Bertz CT molecular complexity index is 159. The van der Waals surface area contributed by atoms with Gasteiger partial charge in [-0.25, -0.2) is 0 Å². The van der Waals surface area contributed by atoms with Crippen molar-refractivity contribution in [1.82, 2.24) is 5.43 Å². The van der Waals surface area contributed by atoms with E-state index in [0.29, 0.717) is 18.1 Å². The number of hydrogen-bond acceptors (Lipinski definition) is 3. The van der Waals surface area contributed by atoms with Gasteiger partial charge in [-0.1, -0.05) is 6.92 Å². The molecule has 2 fully saturated rings. The molecule has 0 spiro atoms. The summed E-state index contributed by atoms with van der Waals surface area (Å²) < 4.78 is 5.68. The van der Waals surface area contributed by atoms with Gasteiger partial charge in [0.05, 0.1) is 12.1 Å². The molecular weight excluding hydrogens is 152 g/mol. The van der Waals surface area contributed by atoms with Crippen LogP contribution in [0.15, 0.2) is 0 Å².